The van der Waals surface area contributed by atoms with E-state index < -0.39 is 0 Å². The maximum Gasteiger partial charge on any atom is 0.136 e. The summed E-state index contributed by atoms with van der Waals surface area (Å²) in [5, 5.41) is 0. The fourth-order valence-corrected chi connectivity index (χ4v) is 2.42. The van der Waals surface area contributed by atoms with Crippen molar-refractivity contribution in [3.05, 3.63) is 58.6 Å². The monoisotopic (exact) mass is 305 g/mol. The molecule has 0 amide bonds. The van der Waals surface area contributed by atoms with E-state index in [0.29, 0.717) is 6.61 Å². The third-order valence-electron chi connectivity index (χ3n) is 2.66. The number of hydrogen-bond acceptors (Lipinski definition) is 2. The summed E-state index contributed by atoms with van der Waals surface area (Å²) in [6.45, 7) is 0.580. The van der Waals surface area contributed by atoms with Crippen LogP contribution in [-0.2, 0) is 6.61 Å². The van der Waals surface area contributed by atoms with Crippen LogP contribution in [0.2, 0.25) is 0 Å². The van der Waals surface area contributed by atoms with Crippen LogP contribution in [0.1, 0.15) is 5.56 Å². The molecule has 0 unspecified atom stereocenters. The Morgan fingerprint density at radius 2 is 1.72 bits per heavy atom. The number of anilines is 1. The van der Waals surface area contributed by atoms with E-state index in [1.807, 2.05) is 44.4 Å². The van der Waals surface area contributed by atoms with Crippen molar-refractivity contribution >= 4 is 21.6 Å². The van der Waals surface area contributed by atoms with Crippen LogP contribution in [0.4, 0.5) is 5.69 Å². The second-order valence-corrected chi connectivity index (χ2v) is 5.05. The van der Waals surface area contributed by atoms with E-state index in [1.54, 1.807) is 0 Å². The molecule has 0 N–H and O–H groups in total. The molecule has 0 saturated carbocycles. The van der Waals surface area contributed by atoms with Gasteiger partial charge in [0.2, 0.25) is 0 Å². The third kappa shape index (κ3) is 3.05. The van der Waals surface area contributed by atoms with Crippen molar-refractivity contribution in [1.82, 2.24) is 0 Å². The highest BCUT2D eigenvalue weighted by atomic mass is 79.9. The molecule has 2 nitrogen and oxygen atoms in total. The Kier molecular flexibility index (Phi) is 4.26. The lowest BCUT2D eigenvalue weighted by atomic mass is 10.2. The van der Waals surface area contributed by atoms with Gasteiger partial charge in [0.25, 0.3) is 0 Å². The highest BCUT2D eigenvalue weighted by molar-refractivity contribution is 9.10. The minimum Gasteiger partial charge on any atom is -0.488 e. The molecule has 0 radical (unpaired) electrons. The van der Waals surface area contributed by atoms with Crippen LogP contribution < -0.4 is 9.64 Å². The zero-order valence-corrected chi connectivity index (χ0v) is 12.1. The lowest BCUT2D eigenvalue weighted by molar-refractivity contribution is 0.304. The number of rotatable bonds is 4. The molecule has 0 heterocycles. The van der Waals surface area contributed by atoms with Gasteiger partial charge in [-0.2, -0.15) is 0 Å². The Morgan fingerprint density at radius 3 is 2.39 bits per heavy atom. The number of nitrogens with zero attached hydrogens (tertiary/aromatic N) is 1. The van der Waals surface area contributed by atoms with E-state index in [1.165, 1.54) is 5.56 Å². The second kappa shape index (κ2) is 5.91. The minimum atomic E-state index is 0.580. The quantitative estimate of drug-likeness (QED) is 0.843. The molecule has 2 rings (SSSR count). The van der Waals surface area contributed by atoms with Crippen molar-refractivity contribution < 1.29 is 4.74 Å². The first-order valence-corrected chi connectivity index (χ1v) is 6.60. The van der Waals surface area contributed by atoms with Crippen LogP contribution in [0.15, 0.2) is 53.0 Å². The Hall–Kier alpha value is -1.48. The molecule has 2 aromatic carbocycles. The molecule has 94 valence electrons. The van der Waals surface area contributed by atoms with Gasteiger partial charge in [0.1, 0.15) is 12.4 Å². The van der Waals surface area contributed by atoms with Crippen molar-refractivity contribution in [2.24, 2.45) is 0 Å². The van der Waals surface area contributed by atoms with Crippen molar-refractivity contribution in [3.63, 3.8) is 0 Å². The predicted octanol–water partition coefficient (Wildman–Crippen LogP) is 4.09. The van der Waals surface area contributed by atoms with Gasteiger partial charge in [-0.15, -0.1) is 0 Å². The van der Waals surface area contributed by atoms with Crippen LogP contribution in [0.3, 0.4) is 0 Å². The van der Waals surface area contributed by atoms with Crippen molar-refractivity contribution in [3.8, 4) is 5.75 Å². The van der Waals surface area contributed by atoms with Gasteiger partial charge in [-0.3, -0.25) is 0 Å². The molecule has 0 aliphatic heterocycles. The fourth-order valence-electron chi connectivity index (χ4n) is 1.69. The van der Waals surface area contributed by atoms with Gasteiger partial charge in [0, 0.05) is 14.1 Å². The topological polar surface area (TPSA) is 12.5 Å². The summed E-state index contributed by atoms with van der Waals surface area (Å²) in [4.78, 5) is 2.06. The standard InChI is InChI=1S/C15H16BrNO/c1-17(2)13-9-6-10-14(15(13)16)18-11-12-7-4-3-5-8-12/h3-10H,11H2,1-2H3. The van der Waals surface area contributed by atoms with Gasteiger partial charge in [-0.1, -0.05) is 36.4 Å². The van der Waals surface area contributed by atoms with Gasteiger partial charge in [-0.25, -0.2) is 0 Å². The van der Waals surface area contributed by atoms with Gasteiger partial charge in [0.15, 0.2) is 0 Å². The molecule has 0 saturated heterocycles. The summed E-state index contributed by atoms with van der Waals surface area (Å²) in [6, 6.07) is 16.2. The molecule has 0 bridgehead atoms. The molecule has 0 aliphatic carbocycles. The van der Waals surface area contributed by atoms with Crippen LogP contribution in [0, 0.1) is 0 Å². The summed E-state index contributed by atoms with van der Waals surface area (Å²) in [5.74, 6) is 0.866. The number of ether oxygens (including phenoxy) is 1. The third-order valence-corrected chi connectivity index (χ3v) is 3.46. The molecule has 0 aromatic heterocycles. The molecule has 18 heavy (non-hydrogen) atoms. The average molecular weight is 306 g/mol. The van der Waals surface area contributed by atoms with Crippen molar-refractivity contribution in [2.45, 2.75) is 6.61 Å². The molecular formula is C15H16BrNO. The maximum absolute atomic E-state index is 5.84. The highest BCUT2D eigenvalue weighted by Crippen LogP contribution is 2.34. The smallest absolute Gasteiger partial charge is 0.136 e. The first kappa shape index (κ1) is 13.0. The molecule has 0 aliphatic rings. The summed E-state index contributed by atoms with van der Waals surface area (Å²) in [6.07, 6.45) is 0. The predicted molar refractivity (Wildman–Crippen MR) is 79.2 cm³/mol. The Balaban J connectivity index is 2.13. The SMILES string of the molecule is CN(C)c1cccc(OCc2ccccc2)c1Br. The van der Waals surface area contributed by atoms with Gasteiger partial charge >= 0.3 is 0 Å². The molecule has 0 fully saturated rings. The summed E-state index contributed by atoms with van der Waals surface area (Å²) >= 11 is 3.59. The fraction of sp³-hybridized carbons (Fsp3) is 0.200. The number of hydrogen-bond donors (Lipinski definition) is 0. The van der Waals surface area contributed by atoms with E-state index in [9.17, 15) is 0 Å². The van der Waals surface area contributed by atoms with Gasteiger partial charge in [-0.05, 0) is 33.6 Å². The number of halogens is 1. The summed E-state index contributed by atoms with van der Waals surface area (Å²) in [5.41, 5.74) is 2.28. The molecular weight excluding hydrogens is 290 g/mol. The van der Waals surface area contributed by atoms with E-state index in [-0.39, 0.29) is 0 Å². The van der Waals surface area contributed by atoms with Crippen LogP contribution in [-0.4, -0.2) is 14.1 Å². The molecule has 2 aromatic rings. The molecule has 3 heteroatoms. The van der Waals surface area contributed by atoms with Crippen molar-refractivity contribution in [2.75, 3.05) is 19.0 Å². The molecule has 0 atom stereocenters. The zero-order chi connectivity index (χ0) is 13.0. The van der Waals surface area contributed by atoms with Gasteiger partial charge in [0.05, 0.1) is 10.2 Å². The van der Waals surface area contributed by atoms with Crippen molar-refractivity contribution in [1.29, 1.82) is 0 Å². The normalized spacial score (nSPS) is 10.2. The zero-order valence-electron chi connectivity index (χ0n) is 10.6. The average Bonchev–Trinajstić information content (AvgIpc) is 2.38. The lowest BCUT2D eigenvalue weighted by Gasteiger charge is -2.17. The summed E-state index contributed by atoms with van der Waals surface area (Å²) in [7, 11) is 4.03. The Bertz CT molecular complexity index is 511. The summed E-state index contributed by atoms with van der Waals surface area (Å²) < 4.78 is 6.83. The Morgan fingerprint density at radius 1 is 1.00 bits per heavy atom. The minimum absolute atomic E-state index is 0.580. The van der Waals surface area contributed by atoms with E-state index in [0.717, 1.165) is 15.9 Å². The maximum atomic E-state index is 5.84. The first-order valence-electron chi connectivity index (χ1n) is 5.81. The largest absolute Gasteiger partial charge is 0.488 e. The first-order chi connectivity index (χ1) is 8.68. The lowest BCUT2D eigenvalue weighted by Crippen LogP contribution is -2.09. The second-order valence-electron chi connectivity index (χ2n) is 4.26. The van der Waals surface area contributed by atoms with Crippen LogP contribution in [0.25, 0.3) is 0 Å². The van der Waals surface area contributed by atoms with Crippen LogP contribution >= 0.6 is 15.9 Å². The molecule has 0 spiro atoms. The van der Waals surface area contributed by atoms with E-state index >= 15 is 0 Å². The van der Waals surface area contributed by atoms with Crippen LogP contribution in [0.5, 0.6) is 5.75 Å². The number of benzene rings is 2. The highest BCUT2D eigenvalue weighted by Gasteiger charge is 2.08. The van der Waals surface area contributed by atoms with E-state index in [2.05, 4.69) is 39.0 Å². The van der Waals surface area contributed by atoms with Gasteiger partial charge < -0.3 is 9.64 Å². The Labute approximate surface area is 116 Å². The van der Waals surface area contributed by atoms with E-state index in [4.69, 9.17) is 4.74 Å².